The molecule has 0 unspecified atom stereocenters. The van der Waals surface area contributed by atoms with Crippen LogP contribution >= 0.6 is 0 Å². The van der Waals surface area contributed by atoms with Gasteiger partial charge in [0.25, 0.3) is 0 Å². The average Bonchev–Trinajstić information content (AvgIpc) is 3.42. The molecule has 140 valence electrons. The molecule has 0 saturated heterocycles. The van der Waals surface area contributed by atoms with Gasteiger partial charge in [-0.05, 0) is 43.4 Å². The molecular formula is C17H28N4O3S. The van der Waals surface area contributed by atoms with Crippen molar-refractivity contribution in [1.29, 1.82) is 0 Å². The van der Waals surface area contributed by atoms with Crippen molar-refractivity contribution in [3.8, 4) is 0 Å². The van der Waals surface area contributed by atoms with Crippen LogP contribution in [0.2, 0.25) is 0 Å². The molecule has 0 heterocycles. The van der Waals surface area contributed by atoms with Crippen LogP contribution in [0.5, 0.6) is 0 Å². The number of rotatable bonds is 10. The second-order valence-corrected chi connectivity index (χ2v) is 7.82. The molecule has 1 saturated carbocycles. The van der Waals surface area contributed by atoms with Crippen LogP contribution in [0.4, 0.5) is 0 Å². The third-order valence-corrected chi connectivity index (χ3v) is 5.33. The Labute approximate surface area is 150 Å². The number of methoxy groups -OCH3 is 1. The normalized spacial score (nSPS) is 15.2. The van der Waals surface area contributed by atoms with Crippen molar-refractivity contribution in [2.24, 2.45) is 10.9 Å². The first-order chi connectivity index (χ1) is 12.0. The number of nitrogens with one attached hydrogen (secondary N) is 3. The highest BCUT2D eigenvalue weighted by molar-refractivity contribution is 7.89. The number of guanidine groups is 1. The Morgan fingerprint density at radius 3 is 2.56 bits per heavy atom. The van der Waals surface area contributed by atoms with Crippen LogP contribution < -0.4 is 15.4 Å². The molecule has 0 bridgehead atoms. The predicted octanol–water partition coefficient (Wildman–Crippen LogP) is 1.08. The monoisotopic (exact) mass is 368 g/mol. The van der Waals surface area contributed by atoms with Gasteiger partial charge in [0.05, 0.1) is 18.0 Å². The molecule has 7 nitrogen and oxygen atoms in total. The predicted molar refractivity (Wildman–Crippen MR) is 99.0 cm³/mol. The highest BCUT2D eigenvalue weighted by Gasteiger charge is 2.21. The molecule has 1 aliphatic carbocycles. The van der Waals surface area contributed by atoms with Crippen molar-refractivity contribution in [2.45, 2.75) is 31.2 Å². The van der Waals surface area contributed by atoms with Crippen LogP contribution in [0.25, 0.3) is 0 Å². The van der Waals surface area contributed by atoms with E-state index in [1.165, 1.54) is 20.0 Å². The van der Waals surface area contributed by atoms with Gasteiger partial charge in [-0.25, -0.2) is 18.1 Å². The minimum atomic E-state index is -3.49. The molecule has 8 heteroatoms. The number of hydrogen-bond acceptors (Lipinski definition) is 4. The lowest BCUT2D eigenvalue weighted by molar-refractivity contribution is 0.204. The van der Waals surface area contributed by atoms with E-state index in [4.69, 9.17) is 4.74 Å². The third-order valence-electron chi connectivity index (χ3n) is 3.85. The molecule has 25 heavy (non-hydrogen) atoms. The maximum atomic E-state index is 12.1. The van der Waals surface area contributed by atoms with E-state index < -0.39 is 10.0 Å². The molecule has 0 radical (unpaired) electrons. The summed E-state index contributed by atoms with van der Waals surface area (Å²) in [5.41, 5.74) is 0.958. The van der Waals surface area contributed by atoms with E-state index in [0.29, 0.717) is 13.2 Å². The molecule has 1 aromatic carbocycles. The van der Waals surface area contributed by atoms with E-state index in [1.807, 2.05) is 6.92 Å². The maximum absolute atomic E-state index is 12.1. The Morgan fingerprint density at radius 1 is 1.24 bits per heavy atom. The number of nitrogens with zero attached hydrogens (tertiary/aromatic N) is 1. The van der Waals surface area contributed by atoms with Crippen LogP contribution in [-0.2, 0) is 21.3 Å². The van der Waals surface area contributed by atoms with Crippen molar-refractivity contribution < 1.29 is 13.2 Å². The summed E-state index contributed by atoms with van der Waals surface area (Å²) in [4.78, 5) is 4.79. The molecule has 0 aliphatic heterocycles. The fraction of sp³-hybridized carbons (Fsp3) is 0.588. The Kier molecular flexibility index (Phi) is 7.67. The molecule has 0 aromatic heterocycles. The summed E-state index contributed by atoms with van der Waals surface area (Å²) in [6.07, 6.45) is 2.58. The van der Waals surface area contributed by atoms with Gasteiger partial charge < -0.3 is 15.4 Å². The van der Waals surface area contributed by atoms with Gasteiger partial charge in [0.15, 0.2) is 5.96 Å². The van der Waals surface area contributed by atoms with Crippen molar-refractivity contribution >= 4 is 16.0 Å². The zero-order valence-corrected chi connectivity index (χ0v) is 15.7. The van der Waals surface area contributed by atoms with E-state index in [-0.39, 0.29) is 11.4 Å². The van der Waals surface area contributed by atoms with Crippen molar-refractivity contribution in [3.63, 3.8) is 0 Å². The quantitative estimate of drug-likeness (QED) is 0.326. The van der Waals surface area contributed by atoms with Crippen molar-refractivity contribution in [2.75, 3.05) is 33.4 Å². The smallest absolute Gasteiger partial charge is 0.240 e. The summed E-state index contributed by atoms with van der Waals surface area (Å²) in [5.74, 6) is 1.58. The van der Waals surface area contributed by atoms with Crippen LogP contribution in [0, 0.1) is 5.92 Å². The summed E-state index contributed by atoms with van der Waals surface area (Å²) in [5, 5.41) is 6.56. The Balaban J connectivity index is 1.92. The first kappa shape index (κ1) is 19.7. The maximum Gasteiger partial charge on any atom is 0.240 e. The van der Waals surface area contributed by atoms with E-state index in [1.54, 1.807) is 24.3 Å². The van der Waals surface area contributed by atoms with Gasteiger partial charge in [-0.15, -0.1) is 0 Å². The first-order valence-electron chi connectivity index (χ1n) is 8.65. The molecule has 0 atom stereocenters. The topological polar surface area (TPSA) is 91.8 Å². The molecular weight excluding hydrogens is 340 g/mol. The lowest BCUT2D eigenvalue weighted by Gasteiger charge is -2.11. The number of sulfonamides is 1. The fourth-order valence-electron chi connectivity index (χ4n) is 2.21. The number of hydrogen-bond donors (Lipinski definition) is 3. The van der Waals surface area contributed by atoms with Gasteiger partial charge in [-0.1, -0.05) is 12.1 Å². The summed E-state index contributed by atoms with van der Waals surface area (Å²) in [6.45, 7) is 4.88. The zero-order chi connectivity index (χ0) is 18.1. The van der Waals surface area contributed by atoms with Gasteiger partial charge in [0, 0.05) is 26.7 Å². The Morgan fingerprint density at radius 2 is 1.96 bits per heavy atom. The Bertz CT molecular complexity index is 655. The van der Waals surface area contributed by atoms with Crippen molar-refractivity contribution in [3.05, 3.63) is 29.8 Å². The highest BCUT2D eigenvalue weighted by atomic mass is 32.2. The minimum Gasteiger partial charge on any atom is -0.383 e. The fourth-order valence-corrected chi connectivity index (χ4v) is 3.22. The van der Waals surface area contributed by atoms with Crippen LogP contribution in [0.15, 0.2) is 34.2 Å². The molecule has 1 aromatic rings. The summed E-state index contributed by atoms with van der Waals surface area (Å²) >= 11 is 0. The number of benzene rings is 1. The second kappa shape index (κ2) is 9.74. The summed E-state index contributed by atoms with van der Waals surface area (Å²) in [7, 11) is -1.96. The largest absolute Gasteiger partial charge is 0.383 e. The van der Waals surface area contributed by atoms with Gasteiger partial charge in [-0.3, -0.25) is 0 Å². The van der Waals surface area contributed by atoms with Crippen LogP contribution in [-0.4, -0.2) is 47.7 Å². The Hall–Kier alpha value is -1.64. The molecule has 3 N–H and O–H groups in total. The number of aliphatic imine (C=N–C) groups is 1. The zero-order valence-electron chi connectivity index (χ0n) is 14.9. The molecule has 0 amide bonds. The molecule has 1 aliphatic rings. The minimum absolute atomic E-state index is 0.245. The highest BCUT2D eigenvalue weighted by Crippen LogP contribution is 2.27. The van der Waals surface area contributed by atoms with E-state index in [9.17, 15) is 8.42 Å². The van der Waals surface area contributed by atoms with E-state index >= 15 is 0 Å². The SMILES string of the molecule is CCNC(=NCc1ccc(S(=O)(=O)NCCOC)cc1)NCC1CC1. The third kappa shape index (κ3) is 7.01. The van der Waals surface area contributed by atoms with Crippen LogP contribution in [0.3, 0.4) is 0 Å². The van der Waals surface area contributed by atoms with Gasteiger partial charge in [0.1, 0.15) is 0 Å². The van der Waals surface area contributed by atoms with Crippen molar-refractivity contribution in [1.82, 2.24) is 15.4 Å². The van der Waals surface area contributed by atoms with Crippen LogP contribution in [0.1, 0.15) is 25.3 Å². The molecule has 2 rings (SSSR count). The first-order valence-corrected chi connectivity index (χ1v) is 10.1. The van der Waals surface area contributed by atoms with E-state index in [2.05, 4.69) is 20.3 Å². The molecule has 0 spiro atoms. The standard InChI is InChI=1S/C17H28N4O3S/c1-3-18-17(19-12-14-4-5-14)20-13-15-6-8-16(9-7-15)25(22,23)21-10-11-24-2/h6-9,14,21H,3-5,10-13H2,1-2H3,(H2,18,19,20). The lowest BCUT2D eigenvalue weighted by atomic mass is 10.2. The lowest BCUT2D eigenvalue weighted by Crippen LogP contribution is -2.38. The average molecular weight is 369 g/mol. The van der Waals surface area contributed by atoms with Gasteiger partial charge in [-0.2, -0.15) is 0 Å². The van der Waals surface area contributed by atoms with E-state index in [0.717, 1.165) is 30.5 Å². The molecule has 1 fully saturated rings. The second-order valence-electron chi connectivity index (χ2n) is 6.05. The van der Waals surface area contributed by atoms with Gasteiger partial charge >= 0.3 is 0 Å². The summed E-state index contributed by atoms with van der Waals surface area (Å²) in [6, 6.07) is 6.78. The number of ether oxygens (including phenoxy) is 1. The summed E-state index contributed by atoms with van der Waals surface area (Å²) < 4.78 is 31.6. The van der Waals surface area contributed by atoms with Gasteiger partial charge in [0.2, 0.25) is 10.0 Å².